The number of aromatic nitrogens is 4. The largest absolute Gasteiger partial charge is 0.495 e. The van der Waals surface area contributed by atoms with Gasteiger partial charge >= 0.3 is 0 Å². The Morgan fingerprint density at radius 1 is 1.13 bits per heavy atom. The van der Waals surface area contributed by atoms with Crippen LogP contribution in [0.2, 0.25) is 0 Å². The molecule has 0 fully saturated rings. The number of allylic oxidation sites excluding steroid dienone is 1. The highest BCUT2D eigenvalue weighted by Gasteiger charge is 2.18. The van der Waals surface area contributed by atoms with Crippen LogP contribution in [-0.4, -0.2) is 39.5 Å². The fraction of sp³-hybridized carbons (Fsp3) is 0.130. The van der Waals surface area contributed by atoms with E-state index >= 15 is 0 Å². The summed E-state index contributed by atoms with van der Waals surface area (Å²) in [6.45, 7) is 0.630. The van der Waals surface area contributed by atoms with Gasteiger partial charge in [-0.1, -0.05) is 37.8 Å². The Bertz CT molecular complexity index is 1310. The van der Waals surface area contributed by atoms with E-state index in [4.69, 9.17) is 4.74 Å². The molecule has 0 spiro atoms. The van der Waals surface area contributed by atoms with Crippen LogP contribution >= 0.6 is 0 Å². The molecule has 2 aromatic heterocycles. The first-order valence-corrected chi connectivity index (χ1v) is 9.35. The van der Waals surface area contributed by atoms with Crippen LogP contribution in [0.4, 0.5) is 15.9 Å². The molecule has 1 aliphatic heterocycles. The molecule has 0 unspecified atom stereocenters. The van der Waals surface area contributed by atoms with Crippen LogP contribution in [0.25, 0.3) is 22.2 Å². The zero-order valence-corrected chi connectivity index (χ0v) is 16.1. The number of hydrogen-bond donors (Lipinski definition) is 2. The van der Waals surface area contributed by atoms with Crippen LogP contribution in [0.5, 0.6) is 5.75 Å². The molecule has 0 amide bonds. The van der Waals surface area contributed by atoms with Crippen molar-refractivity contribution in [3.05, 3.63) is 72.5 Å². The summed E-state index contributed by atoms with van der Waals surface area (Å²) in [4.78, 5) is 13.1. The third-order valence-electron chi connectivity index (χ3n) is 4.89. The van der Waals surface area contributed by atoms with Crippen molar-refractivity contribution >= 4 is 28.3 Å². The normalized spacial score (nSPS) is 12.5. The number of hydrogen-bond acceptors (Lipinski definition) is 6. The minimum atomic E-state index is -0.291. The number of fused-ring (bicyclic) bond motifs is 1. The summed E-state index contributed by atoms with van der Waals surface area (Å²) in [5.41, 5.74) is 3.93. The summed E-state index contributed by atoms with van der Waals surface area (Å²) in [7, 11) is 1.58. The Morgan fingerprint density at radius 3 is 2.77 bits per heavy atom. The van der Waals surface area contributed by atoms with E-state index < -0.39 is 0 Å². The SMILES string of the molecule is C.COc1ccc(-c2ccccc2F)cc1Nc1ncnc2n[nH]c(C3=NCC=C3)c12. The van der Waals surface area contributed by atoms with Gasteiger partial charge < -0.3 is 10.1 Å². The maximum absolute atomic E-state index is 14.3. The molecule has 0 radical (unpaired) electrons. The molecule has 5 rings (SSSR count). The molecule has 0 saturated carbocycles. The lowest BCUT2D eigenvalue weighted by Gasteiger charge is -2.14. The smallest absolute Gasteiger partial charge is 0.186 e. The highest BCUT2D eigenvalue weighted by Crippen LogP contribution is 2.35. The molecule has 0 aliphatic carbocycles. The van der Waals surface area contributed by atoms with Gasteiger partial charge in [-0.2, -0.15) is 5.10 Å². The van der Waals surface area contributed by atoms with Crippen molar-refractivity contribution < 1.29 is 9.13 Å². The number of aliphatic imine (C=N–C) groups is 1. The number of methoxy groups -OCH3 is 1. The molecule has 0 bridgehead atoms. The molecule has 2 N–H and O–H groups in total. The summed E-state index contributed by atoms with van der Waals surface area (Å²) in [5.74, 6) is 0.863. The predicted octanol–water partition coefficient (Wildman–Crippen LogP) is 4.91. The zero-order valence-electron chi connectivity index (χ0n) is 16.1. The third-order valence-corrected chi connectivity index (χ3v) is 4.89. The zero-order chi connectivity index (χ0) is 20.5. The van der Waals surface area contributed by atoms with E-state index in [0.29, 0.717) is 35.0 Å². The van der Waals surface area contributed by atoms with Crippen molar-refractivity contribution in [2.75, 3.05) is 19.0 Å². The molecule has 8 heteroatoms. The third kappa shape index (κ3) is 3.63. The molecule has 1 aliphatic rings. The first-order chi connectivity index (χ1) is 14.7. The van der Waals surface area contributed by atoms with Crippen molar-refractivity contribution in [2.24, 2.45) is 4.99 Å². The van der Waals surface area contributed by atoms with E-state index in [2.05, 4.69) is 30.5 Å². The van der Waals surface area contributed by atoms with Crippen molar-refractivity contribution in [3.63, 3.8) is 0 Å². The lowest BCUT2D eigenvalue weighted by molar-refractivity contribution is 0.417. The summed E-state index contributed by atoms with van der Waals surface area (Å²) < 4.78 is 19.8. The number of rotatable bonds is 5. The summed E-state index contributed by atoms with van der Waals surface area (Å²) >= 11 is 0. The minimum Gasteiger partial charge on any atom is -0.495 e. The van der Waals surface area contributed by atoms with Gasteiger partial charge in [0.2, 0.25) is 0 Å². The standard InChI is InChI=1S/C22H17FN6O.CH4/c1-30-18-9-8-13(14-5-2-3-6-15(14)23)11-17(18)27-21-19-20(16-7-4-10-24-16)28-29-22(19)26-12-25-21;/h2-9,11-12H,10H2,1H3,(H2,25,26,27,28,29);1H4. The van der Waals surface area contributed by atoms with Gasteiger partial charge in [-0.15, -0.1) is 0 Å². The summed E-state index contributed by atoms with van der Waals surface area (Å²) in [5, 5.41) is 11.3. The molecule has 0 atom stereocenters. The molecular formula is C23H21FN6O. The molecule has 7 nitrogen and oxygen atoms in total. The number of aromatic amines is 1. The van der Waals surface area contributed by atoms with Gasteiger partial charge in [-0.05, 0) is 29.8 Å². The molecule has 0 saturated heterocycles. The van der Waals surface area contributed by atoms with Crippen LogP contribution in [0.1, 0.15) is 13.1 Å². The second-order valence-corrected chi connectivity index (χ2v) is 6.67. The number of benzene rings is 2. The molecule has 31 heavy (non-hydrogen) atoms. The van der Waals surface area contributed by atoms with Crippen molar-refractivity contribution in [1.82, 2.24) is 20.2 Å². The van der Waals surface area contributed by atoms with Gasteiger partial charge in [0.1, 0.15) is 23.7 Å². The molecule has 4 aromatic rings. The maximum Gasteiger partial charge on any atom is 0.186 e. The van der Waals surface area contributed by atoms with Crippen molar-refractivity contribution in [2.45, 2.75) is 7.43 Å². The Kier molecular flexibility index (Phi) is 5.44. The van der Waals surface area contributed by atoms with E-state index in [0.717, 1.165) is 22.4 Å². The number of anilines is 2. The first kappa shape index (κ1) is 20.2. The Balaban J connectivity index is 0.00000231. The molecular weight excluding hydrogens is 395 g/mol. The fourth-order valence-electron chi connectivity index (χ4n) is 3.46. The van der Waals surface area contributed by atoms with E-state index in [1.54, 1.807) is 31.4 Å². The molecule has 2 aromatic carbocycles. The van der Waals surface area contributed by atoms with Gasteiger partial charge in [0, 0.05) is 5.56 Å². The van der Waals surface area contributed by atoms with Gasteiger partial charge in [-0.3, -0.25) is 10.1 Å². The number of halogens is 1. The van der Waals surface area contributed by atoms with E-state index in [1.165, 1.54) is 12.4 Å². The summed E-state index contributed by atoms with van der Waals surface area (Å²) in [6.07, 6.45) is 5.34. The van der Waals surface area contributed by atoms with Crippen LogP contribution < -0.4 is 10.1 Å². The van der Waals surface area contributed by atoms with Crippen LogP contribution in [0.3, 0.4) is 0 Å². The van der Waals surface area contributed by atoms with Gasteiger partial charge in [0.05, 0.1) is 36.1 Å². The first-order valence-electron chi connectivity index (χ1n) is 9.35. The monoisotopic (exact) mass is 416 g/mol. The van der Waals surface area contributed by atoms with Gasteiger partial charge in [0.25, 0.3) is 0 Å². The quantitative estimate of drug-likeness (QED) is 0.483. The Hall–Kier alpha value is -4.07. The maximum atomic E-state index is 14.3. The van der Waals surface area contributed by atoms with Crippen LogP contribution in [0, 0.1) is 5.82 Å². The number of nitrogens with one attached hydrogen (secondary N) is 2. The average molecular weight is 416 g/mol. The highest BCUT2D eigenvalue weighted by molar-refractivity contribution is 6.17. The van der Waals surface area contributed by atoms with Crippen molar-refractivity contribution in [1.29, 1.82) is 0 Å². The fourth-order valence-corrected chi connectivity index (χ4v) is 3.46. The topological polar surface area (TPSA) is 88.1 Å². The van der Waals surface area contributed by atoms with Crippen molar-refractivity contribution in [3.8, 4) is 16.9 Å². The Morgan fingerprint density at radius 2 is 2.00 bits per heavy atom. The molecule has 3 heterocycles. The molecule has 156 valence electrons. The summed E-state index contributed by atoms with van der Waals surface area (Å²) in [6, 6.07) is 12.1. The highest BCUT2D eigenvalue weighted by atomic mass is 19.1. The van der Waals surface area contributed by atoms with E-state index in [-0.39, 0.29) is 13.2 Å². The number of H-pyrrole nitrogens is 1. The van der Waals surface area contributed by atoms with Gasteiger partial charge in [-0.25, -0.2) is 14.4 Å². The van der Waals surface area contributed by atoms with Crippen LogP contribution in [0.15, 0.2) is 65.9 Å². The lowest BCUT2D eigenvalue weighted by atomic mass is 10.0. The lowest BCUT2D eigenvalue weighted by Crippen LogP contribution is -2.02. The minimum absolute atomic E-state index is 0. The van der Waals surface area contributed by atoms with E-state index in [9.17, 15) is 4.39 Å². The van der Waals surface area contributed by atoms with Gasteiger partial charge in [0.15, 0.2) is 5.65 Å². The Labute approximate surface area is 178 Å². The number of ether oxygens (including phenoxy) is 1. The second-order valence-electron chi connectivity index (χ2n) is 6.67. The average Bonchev–Trinajstić information content (AvgIpc) is 3.44. The second kappa shape index (κ2) is 8.35. The van der Waals surface area contributed by atoms with E-state index in [1.807, 2.05) is 24.3 Å². The predicted molar refractivity (Wildman–Crippen MR) is 121 cm³/mol. The van der Waals surface area contributed by atoms with Crippen LogP contribution in [-0.2, 0) is 0 Å². The number of nitrogens with zero attached hydrogens (tertiary/aromatic N) is 4.